The number of fused-ring (bicyclic) bond motifs is 1. The summed E-state index contributed by atoms with van der Waals surface area (Å²) in [5.74, 6) is 0.771. The van der Waals surface area contributed by atoms with Crippen LogP contribution in [0.15, 0.2) is 18.2 Å². The van der Waals surface area contributed by atoms with Gasteiger partial charge < -0.3 is 20.1 Å². The fraction of sp³-hybridized carbons (Fsp3) is 0.562. The number of benzene rings is 1. The van der Waals surface area contributed by atoms with Crippen molar-refractivity contribution in [3.63, 3.8) is 0 Å². The maximum atomic E-state index is 12.3. The fourth-order valence-corrected chi connectivity index (χ4v) is 3.00. The smallest absolute Gasteiger partial charge is 0.263 e. The second-order valence-corrected chi connectivity index (χ2v) is 5.70. The Kier molecular flexibility index (Phi) is 4.12. The van der Waals surface area contributed by atoms with Crippen LogP contribution in [-0.4, -0.2) is 43.2 Å². The molecule has 1 amide bonds. The number of aryl methyl sites for hydroxylation is 1. The summed E-state index contributed by atoms with van der Waals surface area (Å²) in [5, 5.41) is 0. The minimum Gasteiger partial charge on any atom is -0.481 e. The lowest BCUT2D eigenvalue weighted by Crippen LogP contribution is -2.46. The van der Waals surface area contributed by atoms with E-state index >= 15 is 0 Å². The number of hydrogen-bond donors (Lipinski definition) is 1. The first-order valence-corrected chi connectivity index (χ1v) is 7.57. The molecule has 1 aromatic carbocycles. The average Bonchev–Trinajstić information content (AvgIpc) is 2.88. The lowest BCUT2D eigenvalue weighted by molar-refractivity contribution is -0.142. The van der Waals surface area contributed by atoms with Gasteiger partial charge in [0, 0.05) is 19.1 Å². The van der Waals surface area contributed by atoms with Gasteiger partial charge in [0.2, 0.25) is 0 Å². The van der Waals surface area contributed by atoms with E-state index in [1.165, 1.54) is 11.1 Å². The molecule has 3 rings (SSSR count). The van der Waals surface area contributed by atoms with Crippen molar-refractivity contribution in [3.05, 3.63) is 29.3 Å². The van der Waals surface area contributed by atoms with Gasteiger partial charge in [-0.15, -0.1) is 0 Å². The Labute approximate surface area is 125 Å². The van der Waals surface area contributed by atoms with Crippen LogP contribution in [0.25, 0.3) is 0 Å². The van der Waals surface area contributed by atoms with Gasteiger partial charge in [-0.2, -0.15) is 0 Å². The van der Waals surface area contributed by atoms with Crippen molar-refractivity contribution in [1.29, 1.82) is 0 Å². The molecule has 2 N–H and O–H groups in total. The first kappa shape index (κ1) is 14.4. The highest BCUT2D eigenvalue weighted by Gasteiger charge is 2.25. The van der Waals surface area contributed by atoms with E-state index in [0.717, 1.165) is 18.6 Å². The summed E-state index contributed by atoms with van der Waals surface area (Å²) in [6, 6.07) is 6.09. The number of rotatable bonds is 3. The Balaban J connectivity index is 1.64. The van der Waals surface area contributed by atoms with Gasteiger partial charge in [-0.25, -0.2) is 0 Å². The number of hydrogen-bond acceptors (Lipinski definition) is 4. The first-order chi connectivity index (χ1) is 10.1. The summed E-state index contributed by atoms with van der Waals surface area (Å²) in [7, 11) is 0. The summed E-state index contributed by atoms with van der Waals surface area (Å²) in [4.78, 5) is 14.1. The van der Waals surface area contributed by atoms with Gasteiger partial charge in [0.15, 0.2) is 6.10 Å². The second-order valence-electron chi connectivity index (χ2n) is 5.70. The Hall–Kier alpha value is -1.59. The summed E-state index contributed by atoms with van der Waals surface area (Å²) in [6.07, 6.45) is 1.50. The van der Waals surface area contributed by atoms with E-state index in [1.807, 2.05) is 18.2 Å². The Bertz CT molecular complexity index is 526. The van der Waals surface area contributed by atoms with Gasteiger partial charge in [-0.05, 0) is 43.0 Å². The predicted octanol–water partition coefficient (Wildman–Crippen LogP) is 1.26. The third-order valence-electron chi connectivity index (χ3n) is 4.22. The molecule has 5 nitrogen and oxygen atoms in total. The molecule has 0 spiro atoms. The Morgan fingerprint density at radius 1 is 1.43 bits per heavy atom. The molecule has 1 saturated heterocycles. The van der Waals surface area contributed by atoms with Crippen molar-refractivity contribution < 1.29 is 14.3 Å². The third-order valence-corrected chi connectivity index (χ3v) is 4.22. The highest BCUT2D eigenvalue weighted by Crippen LogP contribution is 2.32. The molecule has 1 aliphatic carbocycles. The van der Waals surface area contributed by atoms with Crippen molar-refractivity contribution in [3.8, 4) is 5.75 Å². The highest BCUT2D eigenvalue weighted by atomic mass is 16.5. The van der Waals surface area contributed by atoms with Crippen molar-refractivity contribution >= 4 is 5.91 Å². The van der Waals surface area contributed by atoms with Crippen LogP contribution in [0.2, 0.25) is 0 Å². The van der Waals surface area contributed by atoms with Crippen LogP contribution in [0.4, 0.5) is 0 Å². The van der Waals surface area contributed by atoms with Gasteiger partial charge >= 0.3 is 0 Å². The maximum Gasteiger partial charge on any atom is 0.263 e. The average molecular weight is 290 g/mol. The van der Waals surface area contributed by atoms with E-state index in [-0.39, 0.29) is 11.9 Å². The van der Waals surface area contributed by atoms with E-state index in [1.54, 1.807) is 11.8 Å². The van der Waals surface area contributed by atoms with Crippen LogP contribution >= 0.6 is 0 Å². The van der Waals surface area contributed by atoms with Crippen LogP contribution < -0.4 is 10.5 Å². The minimum absolute atomic E-state index is 0.0236. The van der Waals surface area contributed by atoms with E-state index in [4.69, 9.17) is 15.2 Å². The Morgan fingerprint density at radius 3 is 2.95 bits per heavy atom. The molecule has 21 heavy (non-hydrogen) atoms. The zero-order valence-electron chi connectivity index (χ0n) is 12.4. The van der Waals surface area contributed by atoms with Crippen molar-refractivity contribution in [2.75, 3.05) is 26.3 Å². The number of carbonyl (C=O) groups excluding carboxylic acids is 1. The molecule has 0 aromatic heterocycles. The molecule has 0 radical (unpaired) electrons. The zero-order valence-corrected chi connectivity index (χ0v) is 12.4. The van der Waals surface area contributed by atoms with Crippen molar-refractivity contribution in [2.45, 2.75) is 31.9 Å². The largest absolute Gasteiger partial charge is 0.481 e. The number of morpholine rings is 1. The van der Waals surface area contributed by atoms with Crippen LogP contribution in [0.3, 0.4) is 0 Å². The fourth-order valence-electron chi connectivity index (χ4n) is 3.00. The number of ether oxygens (including phenoxy) is 2. The van der Waals surface area contributed by atoms with E-state index in [9.17, 15) is 4.79 Å². The van der Waals surface area contributed by atoms with Gasteiger partial charge in [0.05, 0.1) is 13.2 Å². The quantitative estimate of drug-likeness (QED) is 0.910. The molecule has 1 heterocycles. The molecule has 5 heteroatoms. The molecule has 2 aliphatic rings. The summed E-state index contributed by atoms with van der Waals surface area (Å²) in [6.45, 7) is 4.30. The highest BCUT2D eigenvalue weighted by molar-refractivity contribution is 5.81. The molecular formula is C16H22N2O3. The van der Waals surface area contributed by atoms with E-state index < -0.39 is 6.10 Å². The standard InChI is InChI=1S/C16H22N2O3/c1-11(16(19)18-6-8-20-9-7-18)21-13-3-4-14-12(10-13)2-5-15(14)17/h3-4,10-11,15H,2,5-9,17H2,1H3/t11?,15-/m1/s1. The second kappa shape index (κ2) is 6.03. The SMILES string of the molecule is CC(Oc1ccc2c(c1)CC[C@H]2N)C(=O)N1CCOCC1. The number of carbonyl (C=O) groups is 1. The Morgan fingerprint density at radius 2 is 2.19 bits per heavy atom. The zero-order chi connectivity index (χ0) is 14.8. The lowest BCUT2D eigenvalue weighted by Gasteiger charge is -2.29. The predicted molar refractivity (Wildman–Crippen MR) is 79.2 cm³/mol. The topological polar surface area (TPSA) is 64.8 Å². The summed E-state index contributed by atoms with van der Waals surface area (Å²) in [5.41, 5.74) is 8.47. The van der Waals surface area contributed by atoms with E-state index in [2.05, 4.69) is 0 Å². The first-order valence-electron chi connectivity index (χ1n) is 7.57. The molecule has 2 atom stereocenters. The van der Waals surface area contributed by atoms with Crippen LogP contribution in [0.5, 0.6) is 5.75 Å². The lowest BCUT2D eigenvalue weighted by atomic mass is 10.1. The molecule has 1 aromatic rings. The van der Waals surface area contributed by atoms with Crippen LogP contribution in [-0.2, 0) is 16.0 Å². The molecule has 114 valence electrons. The van der Waals surface area contributed by atoms with E-state index in [0.29, 0.717) is 26.3 Å². The normalized spacial score (nSPS) is 22.8. The van der Waals surface area contributed by atoms with Crippen LogP contribution in [0.1, 0.15) is 30.5 Å². The molecule has 1 fully saturated rings. The number of nitrogens with zero attached hydrogens (tertiary/aromatic N) is 1. The molecule has 0 saturated carbocycles. The van der Waals surface area contributed by atoms with Gasteiger partial charge in [-0.1, -0.05) is 6.07 Å². The molecule has 1 unspecified atom stereocenters. The molecule has 1 aliphatic heterocycles. The number of amides is 1. The molecule has 0 bridgehead atoms. The van der Waals surface area contributed by atoms with Crippen molar-refractivity contribution in [1.82, 2.24) is 4.90 Å². The van der Waals surface area contributed by atoms with Crippen LogP contribution in [0, 0.1) is 0 Å². The number of nitrogens with two attached hydrogens (primary N) is 1. The monoisotopic (exact) mass is 290 g/mol. The van der Waals surface area contributed by atoms with Gasteiger partial charge in [0.1, 0.15) is 5.75 Å². The molecular weight excluding hydrogens is 268 g/mol. The summed E-state index contributed by atoms with van der Waals surface area (Å²) >= 11 is 0. The minimum atomic E-state index is -0.476. The van der Waals surface area contributed by atoms with Gasteiger partial charge in [0.25, 0.3) is 5.91 Å². The third kappa shape index (κ3) is 3.04. The maximum absolute atomic E-state index is 12.3. The van der Waals surface area contributed by atoms with Gasteiger partial charge in [-0.3, -0.25) is 4.79 Å². The van der Waals surface area contributed by atoms with Crippen molar-refractivity contribution in [2.24, 2.45) is 5.73 Å². The summed E-state index contributed by atoms with van der Waals surface area (Å²) < 4.78 is 11.1.